The lowest BCUT2D eigenvalue weighted by atomic mass is 10.1. The van der Waals surface area contributed by atoms with Gasteiger partial charge in [-0.1, -0.05) is 0 Å². The minimum atomic E-state index is -0.679. The molecule has 0 saturated carbocycles. The fourth-order valence-electron chi connectivity index (χ4n) is 3.05. The second-order valence-corrected chi connectivity index (χ2v) is 5.94. The lowest BCUT2D eigenvalue weighted by Crippen LogP contribution is -2.43. The standard InChI is InChI=1S/C16H22N4O3/c1-19-11-12(10-18-19)9-17-16(22)20-6-2-4-13(20)8-14(21)15-5-3-7-23-15/h3,5,7,10-11,13-14,21H,2,4,6,8-9H2,1H3,(H,17,22). The van der Waals surface area contributed by atoms with Crippen LogP contribution in [-0.4, -0.2) is 38.4 Å². The Bertz CT molecular complexity index is 638. The number of hydrogen-bond acceptors (Lipinski definition) is 4. The minimum Gasteiger partial charge on any atom is -0.467 e. The first kappa shape index (κ1) is 15.6. The van der Waals surface area contributed by atoms with Crippen LogP contribution in [0, 0.1) is 0 Å². The number of urea groups is 1. The normalized spacial score (nSPS) is 19.0. The van der Waals surface area contributed by atoms with E-state index >= 15 is 0 Å². The van der Waals surface area contributed by atoms with Crippen molar-refractivity contribution in [3.63, 3.8) is 0 Å². The molecule has 0 aliphatic carbocycles. The number of carbonyl (C=O) groups excluding carboxylic acids is 1. The fraction of sp³-hybridized carbons (Fsp3) is 0.500. The molecule has 7 nitrogen and oxygen atoms in total. The zero-order valence-electron chi connectivity index (χ0n) is 13.2. The average Bonchev–Trinajstić information content (AvgIpc) is 3.26. The molecule has 2 aromatic rings. The van der Waals surface area contributed by atoms with Crippen LogP contribution in [0.5, 0.6) is 0 Å². The number of aliphatic hydroxyl groups excluding tert-OH is 1. The first-order chi connectivity index (χ1) is 11.1. The van der Waals surface area contributed by atoms with Crippen LogP contribution in [0.1, 0.15) is 36.7 Å². The molecule has 0 bridgehead atoms. The van der Waals surface area contributed by atoms with E-state index in [1.807, 2.05) is 18.1 Å². The van der Waals surface area contributed by atoms with Gasteiger partial charge < -0.3 is 19.7 Å². The molecule has 0 aromatic carbocycles. The summed E-state index contributed by atoms with van der Waals surface area (Å²) in [6, 6.07) is 3.45. The molecule has 2 atom stereocenters. The fourth-order valence-corrected chi connectivity index (χ4v) is 3.05. The number of aryl methyl sites for hydroxylation is 1. The molecule has 1 aliphatic rings. The van der Waals surface area contributed by atoms with Gasteiger partial charge in [0.1, 0.15) is 11.9 Å². The minimum absolute atomic E-state index is 0.0315. The number of furan rings is 1. The van der Waals surface area contributed by atoms with Gasteiger partial charge >= 0.3 is 6.03 Å². The van der Waals surface area contributed by atoms with Gasteiger partial charge in [-0.25, -0.2) is 4.79 Å². The van der Waals surface area contributed by atoms with E-state index in [2.05, 4.69) is 10.4 Å². The van der Waals surface area contributed by atoms with Gasteiger partial charge in [0.2, 0.25) is 0 Å². The van der Waals surface area contributed by atoms with Crippen LogP contribution in [0.2, 0.25) is 0 Å². The zero-order valence-corrected chi connectivity index (χ0v) is 13.2. The lowest BCUT2D eigenvalue weighted by Gasteiger charge is -2.26. The molecule has 1 aliphatic heterocycles. The molecule has 3 heterocycles. The average molecular weight is 318 g/mol. The Balaban J connectivity index is 1.54. The Kier molecular flexibility index (Phi) is 4.66. The highest BCUT2D eigenvalue weighted by molar-refractivity contribution is 5.74. The van der Waals surface area contributed by atoms with Crippen LogP contribution in [0.3, 0.4) is 0 Å². The summed E-state index contributed by atoms with van der Waals surface area (Å²) < 4.78 is 6.94. The molecule has 2 N–H and O–H groups in total. The molecule has 3 rings (SSSR count). The number of aliphatic hydroxyl groups is 1. The molecule has 2 amide bonds. The number of aromatic nitrogens is 2. The van der Waals surface area contributed by atoms with Gasteiger partial charge in [-0.05, 0) is 25.0 Å². The Morgan fingerprint density at radius 3 is 3.17 bits per heavy atom. The zero-order chi connectivity index (χ0) is 16.2. The summed E-state index contributed by atoms with van der Waals surface area (Å²) in [6.45, 7) is 1.17. The van der Waals surface area contributed by atoms with Gasteiger partial charge in [0.05, 0.1) is 12.5 Å². The maximum absolute atomic E-state index is 12.4. The number of amides is 2. The third-order valence-electron chi connectivity index (χ3n) is 4.21. The lowest BCUT2D eigenvalue weighted by molar-refractivity contribution is 0.108. The molecular weight excluding hydrogens is 296 g/mol. The van der Waals surface area contributed by atoms with Gasteiger partial charge in [0.25, 0.3) is 0 Å². The maximum Gasteiger partial charge on any atom is 0.317 e. The van der Waals surface area contributed by atoms with E-state index in [0.717, 1.165) is 18.4 Å². The van der Waals surface area contributed by atoms with E-state index in [1.165, 1.54) is 0 Å². The van der Waals surface area contributed by atoms with Crippen molar-refractivity contribution in [2.24, 2.45) is 7.05 Å². The number of nitrogens with one attached hydrogen (secondary N) is 1. The van der Waals surface area contributed by atoms with Gasteiger partial charge in [-0.3, -0.25) is 4.68 Å². The smallest absolute Gasteiger partial charge is 0.317 e. The molecule has 1 fully saturated rings. The molecule has 0 spiro atoms. The van der Waals surface area contributed by atoms with Crippen LogP contribution >= 0.6 is 0 Å². The predicted octanol–water partition coefficient (Wildman–Crippen LogP) is 1.81. The summed E-state index contributed by atoms with van der Waals surface area (Å²) in [5.74, 6) is 0.549. The number of rotatable bonds is 5. The maximum atomic E-state index is 12.4. The largest absolute Gasteiger partial charge is 0.467 e. The Labute approximate surface area is 134 Å². The second-order valence-electron chi connectivity index (χ2n) is 5.94. The van der Waals surface area contributed by atoms with Crippen molar-refractivity contribution in [3.8, 4) is 0 Å². The molecule has 1 saturated heterocycles. The van der Waals surface area contributed by atoms with Crippen LogP contribution in [0.4, 0.5) is 4.79 Å². The molecule has 0 radical (unpaired) electrons. The molecule has 2 aromatic heterocycles. The topological polar surface area (TPSA) is 83.5 Å². The van der Waals surface area contributed by atoms with Gasteiger partial charge in [-0.15, -0.1) is 0 Å². The SMILES string of the molecule is Cn1cc(CNC(=O)N2CCCC2CC(O)c2ccco2)cn1. The van der Waals surface area contributed by atoms with E-state index in [0.29, 0.717) is 25.3 Å². The van der Waals surface area contributed by atoms with Crippen molar-refractivity contribution in [1.29, 1.82) is 0 Å². The van der Waals surface area contributed by atoms with Crippen molar-refractivity contribution in [3.05, 3.63) is 42.1 Å². The predicted molar refractivity (Wildman–Crippen MR) is 83.5 cm³/mol. The molecule has 23 heavy (non-hydrogen) atoms. The van der Waals surface area contributed by atoms with Crippen LogP contribution in [0.25, 0.3) is 0 Å². The van der Waals surface area contributed by atoms with E-state index < -0.39 is 6.10 Å². The first-order valence-electron chi connectivity index (χ1n) is 7.87. The summed E-state index contributed by atoms with van der Waals surface area (Å²) in [4.78, 5) is 14.2. The third kappa shape index (κ3) is 3.73. The molecular formula is C16H22N4O3. The summed E-state index contributed by atoms with van der Waals surface area (Å²) in [5, 5.41) is 17.2. The van der Waals surface area contributed by atoms with Crippen LogP contribution < -0.4 is 5.32 Å². The Morgan fingerprint density at radius 1 is 1.61 bits per heavy atom. The van der Waals surface area contributed by atoms with Crippen LogP contribution in [-0.2, 0) is 13.6 Å². The van der Waals surface area contributed by atoms with Gasteiger partial charge in [-0.2, -0.15) is 5.10 Å². The monoisotopic (exact) mass is 318 g/mol. The van der Waals surface area contributed by atoms with E-state index in [1.54, 1.807) is 29.3 Å². The number of likely N-dealkylation sites (tertiary alicyclic amines) is 1. The van der Waals surface area contributed by atoms with Crippen molar-refractivity contribution in [1.82, 2.24) is 20.0 Å². The number of hydrogen-bond donors (Lipinski definition) is 2. The summed E-state index contributed by atoms with van der Waals surface area (Å²) in [5.41, 5.74) is 0.965. The van der Waals surface area contributed by atoms with Crippen molar-refractivity contribution < 1.29 is 14.3 Å². The van der Waals surface area contributed by atoms with Crippen molar-refractivity contribution in [2.75, 3.05) is 6.54 Å². The summed E-state index contributed by atoms with van der Waals surface area (Å²) in [6.07, 6.45) is 6.83. The van der Waals surface area contributed by atoms with Crippen molar-refractivity contribution >= 4 is 6.03 Å². The summed E-state index contributed by atoms with van der Waals surface area (Å²) in [7, 11) is 1.85. The van der Waals surface area contributed by atoms with E-state index in [9.17, 15) is 9.90 Å². The summed E-state index contributed by atoms with van der Waals surface area (Å²) >= 11 is 0. The third-order valence-corrected chi connectivity index (χ3v) is 4.21. The molecule has 124 valence electrons. The van der Waals surface area contributed by atoms with Crippen LogP contribution in [0.15, 0.2) is 35.2 Å². The Morgan fingerprint density at radius 2 is 2.48 bits per heavy atom. The van der Waals surface area contributed by atoms with Gasteiger partial charge in [0, 0.05) is 44.4 Å². The van der Waals surface area contributed by atoms with Crippen molar-refractivity contribution in [2.45, 2.75) is 38.0 Å². The highest BCUT2D eigenvalue weighted by atomic mass is 16.4. The van der Waals surface area contributed by atoms with E-state index in [-0.39, 0.29) is 12.1 Å². The second kappa shape index (κ2) is 6.87. The quantitative estimate of drug-likeness (QED) is 0.880. The molecule has 2 unspecified atom stereocenters. The molecule has 7 heteroatoms. The Hall–Kier alpha value is -2.28. The highest BCUT2D eigenvalue weighted by Gasteiger charge is 2.31. The van der Waals surface area contributed by atoms with E-state index in [4.69, 9.17) is 4.42 Å². The first-order valence-corrected chi connectivity index (χ1v) is 7.87. The number of carbonyl (C=O) groups is 1. The van der Waals surface area contributed by atoms with Gasteiger partial charge in [0.15, 0.2) is 0 Å². The number of nitrogens with zero attached hydrogens (tertiary/aromatic N) is 3. The highest BCUT2D eigenvalue weighted by Crippen LogP contribution is 2.27.